The highest BCUT2D eigenvalue weighted by Crippen LogP contribution is 2.49. The Morgan fingerprint density at radius 2 is 2.07 bits per heavy atom. The fourth-order valence-electron chi connectivity index (χ4n) is 2.36. The van der Waals surface area contributed by atoms with E-state index in [0.29, 0.717) is 0 Å². The molecule has 0 atom stereocenters. The third-order valence-corrected chi connectivity index (χ3v) is 3.38. The standard InChI is InChI=1S/C13H13FO/c14-12-6-2-3-9-10(12)4-1-5-11(9)13(15)7-8-13/h2-3,5-6,15H,1,4,7-8H2. The van der Waals surface area contributed by atoms with E-state index in [4.69, 9.17) is 0 Å². The third-order valence-electron chi connectivity index (χ3n) is 3.38. The highest BCUT2D eigenvalue weighted by molar-refractivity contribution is 5.78. The van der Waals surface area contributed by atoms with Crippen LogP contribution in [0.4, 0.5) is 4.39 Å². The minimum absolute atomic E-state index is 0.137. The largest absolute Gasteiger partial charge is 0.385 e. The van der Waals surface area contributed by atoms with Crippen LogP contribution in [-0.4, -0.2) is 10.7 Å². The molecule has 0 spiro atoms. The summed E-state index contributed by atoms with van der Waals surface area (Å²) in [5.74, 6) is -0.137. The molecule has 0 bridgehead atoms. The Labute approximate surface area is 88.2 Å². The predicted octanol–water partition coefficient (Wildman–Crippen LogP) is 2.68. The van der Waals surface area contributed by atoms with Crippen LogP contribution in [0.1, 0.15) is 30.4 Å². The molecule has 0 heterocycles. The van der Waals surface area contributed by atoms with Crippen molar-refractivity contribution in [2.75, 3.05) is 0 Å². The second kappa shape index (κ2) is 2.92. The third kappa shape index (κ3) is 1.32. The van der Waals surface area contributed by atoms with Crippen molar-refractivity contribution in [1.82, 2.24) is 0 Å². The van der Waals surface area contributed by atoms with Gasteiger partial charge in [0.05, 0.1) is 5.60 Å². The first-order valence-corrected chi connectivity index (χ1v) is 5.41. The second-order valence-corrected chi connectivity index (χ2v) is 4.45. The number of allylic oxidation sites excluding steroid dienone is 1. The van der Waals surface area contributed by atoms with Crippen molar-refractivity contribution < 1.29 is 9.50 Å². The van der Waals surface area contributed by atoms with Crippen LogP contribution in [-0.2, 0) is 6.42 Å². The van der Waals surface area contributed by atoms with Crippen molar-refractivity contribution in [2.24, 2.45) is 0 Å². The maximum atomic E-state index is 13.5. The Kier molecular flexibility index (Phi) is 1.77. The normalized spacial score (nSPS) is 21.9. The Balaban J connectivity index is 2.14. The summed E-state index contributed by atoms with van der Waals surface area (Å²) in [5.41, 5.74) is 1.99. The van der Waals surface area contributed by atoms with Crippen LogP contribution in [0.3, 0.4) is 0 Å². The van der Waals surface area contributed by atoms with Gasteiger partial charge in [0.1, 0.15) is 5.82 Å². The first-order valence-electron chi connectivity index (χ1n) is 5.41. The van der Waals surface area contributed by atoms with Gasteiger partial charge in [-0.1, -0.05) is 18.2 Å². The minimum atomic E-state index is -0.650. The minimum Gasteiger partial charge on any atom is -0.385 e. The number of fused-ring (bicyclic) bond motifs is 1. The molecule has 1 nitrogen and oxygen atoms in total. The van der Waals surface area contributed by atoms with Gasteiger partial charge in [-0.3, -0.25) is 0 Å². The molecule has 0 saturated heterocycles. The van der Waals surface area contributed by atoms with E-state index in [1.54, 1.807) is 6.07 Å². The van der Waals surface area contributed by atoms with Crippen molar-refractivity contribution >= 4 is 5.57 Å². The average Bonchev–Trinajstić information content (AvgIpc) is 2.98. The summed E-state index contributed by atoms with van der Waals surface area (Å²) < 4.78 is 13.5. The molecule has 0 unspecified atom stereocenters. The highest BCUT2D eigenvalue weighted by Gasteiger charge is 2.45. The molecular formula is C13H13FO. The van der Waals surface area contributed by atoms with Gasteiger partial charge in [-0.2, -0.15) is 0 Å². The van der Waals surface area contributed by atoms with Crippen LogP contribution in [0, 0.1) is 5.82 Å². The molecule has 1 fully saturated rings. The average molecular weight is 204 g/mol. The van der Waals surface area contributed by atoms with Gasteiger partial charge in [-0.25, -0.2) is 4.39 Å². The van der Waals surface area contributed by atoms with Gasteiger partial charge in [-0.15, -0.1) is 0 Å². The topological polar surface area (TPSA) is 20.2 Å². The molecular weight excluding hydrogens is 191 g/mol. The van der Waals surface area contributed by atoms with Crippen LogP contribution in [0.2, 0.25) is 0 Å². The Hall–Kier alpha value is -1.15. The first-order chi connectivity index (χ1) is 7.21. The van der Waals surface area contributed by atoms with Gasteiger partial charge in [-0.05, 0) is 48.4 Å². The van der Waals surface area contributed by atoms with E-state index in [1.165, 1.54) is 6.07 Å². The molecule has 0 amide bonds. The van der Waals surface area contributed by atoms with Crippen LogP contribution >= 0.6 is 0 Å². The SMILES string of the molecule is OC1(C2=CCCc3c(F)cccc32)CC1. The van der Waals surface area contributed by atoms with Crippen molar-refractivity contribution in [2.45, 2.75) is 31.3 Å². The van der Waals surface area contributed by atoms with Crippen molar-refractivity contribution in [1.29, 1.82) is 0 Å². The summed E-state index contributed by atoms with van der Waals surface area (Å²) in [5, 5.41) is 10.1. The van der Waals surface area contributed by atoms with E-state index in [9.17, 15) is 9.50 Å². The lowest BCUT2D eigenvalue weighted by Crippen LogP contribution is -2.15. The summed E-state index contributed by atoms with van der Waals surface area (Å²) in [6.07, 6.45) is 5.28. The summed E-state index contributed by atoms with van der Waals surface area (Å²) in [4.78, 5) is 0. The lowest BCUT2D eigenvalue weighted by atomic mass is 9.86. The molecule has 2 aliphatic rings. The van der Waals surface area contributed by atoms with E-state index in [2.05, 4.69) is 6.08 Å². The number of benzene rings is 1. The van der Waals surface area contributed by atoms with E-state index >= 15 is 0 Å². The molecule has 1 saturated carbocycles. The quantitative estimate of drug-likeness (QED) is 0.745. The molecule has 1 N–H and O–H groups in total. The Morgan fingerprint density at radius 3 is 2.80 bits per heavy atom. The molecule has 78 valence electrons. The summed E-state index contributed by atoms with van der Waals surface area (Å²) in [7, 11) is 0. The van der Waals surface area contributed by atoms with E-state index in [1.807, 2.05) is 6.07 Å². The molecule has 0 aromatic heterocycles. The van der Waals surface area contributed by atoms with Crippen LogP contribution in [0.25, 0.3) is 5.57 Å². The lowest BCUT2D eigenvalue weighted by Gasteiger charge is -2.21. The summed E-state index contributed by atoms with van der Waals surface area (Å²) in [6.45, 7) is 0. The Bertz CT molecular complexity index is 444. The van der Waals surface area contributed by atoms with Crippen molar-refractivity contribution in [3.63, 3.8) is 0 Å². The second-order valence-electron chi connectivity index (χ2n) is 4.45. The highest BCUT2D eigenvalue weighted by atomic mass is 19.1. The summed E-state index contributed by atoms with van der Waals surface area (Å²) >= 11 is 0. The molecule has 0 aliphatic heterocycles. The molecule has 3 rings (SSSR count). The van der Waals surface area contributed by atoms with Gasteiger partial charge in [0.15, 0.2) is 0 Å². The summed E-state index contributed by atoms with van der Waals surface area (Å²) in [6, 6.07) is 5.14. The number of rotatable bonds is 1. The molecule has 2 aliphatic carbocycles. The van der Waals surface area contributed by atoms with Crippen LogP contribution < -0.4 is 0 Å². The van der Waals surface area contributed by atoms with Gasteiger partial charge >= 0.3 is 0 Å². The van der Waals surface area contributed by atoms with E-state index in [0.717, 1.165) is 42.4 Å². The zero-order valence-electron chi connectivity index (χ0n) is 8.46. The zero-order chi connectivity index (χ0) is 10.5. The molecule has 1 aromatic rings. The Morgan fingerprint density at radius 1 is 1.27 bits per heavy atom. The van der Waals surface area contributed by atoms with E-state index in [-0.39, 0.29) is 5.82 Å². The van der Waals surface area contributed by atoms with E-state index < -0.39 is 5.60 Å². The predicted molar refractivity (Wildman–Crippen MR) is 56.9 cm³/mol. The number of hydrogen-bond acceptors (Lipinski definition) is 1. The van der Waals surface area contributed by atoms with Gasteiger partial charge in [0.25, 0.3) is 0 Å². The zero-order valence-corrected chi connectivity index (χ0v) is 8.46. The lowest BCUT2D eigenvalue weighted by molar-refractivity contribution is 0.211. The maximum Gasteiger partial charge on any atom is 0.127 e. The smallest absolute Gasteiger partial charge is 0.127 e. The van der Waals surface area contributed by atoms with Crippen molar-refractivity contribution in [3.05, 3.63) is 41.2 Å². The van der Waals surface area contributed by atoms with Crippen LogP contribution in [0.5, 0.6) is 0 Å². The van der Waals surface area contributed by atoms with Crippen molar-refractivity contribution in [3.8, 4) is 0 Å². The molecule has 0 radical (unpaired) electrons. The monoisotopic (exact) mass is 204 g/mol. The van der Waals surface area contributed by atoms with Gasteiger partial charge in [0.2, 0.25) is 0 Å². The number of aliphatic hydroxyl groups is 1. The molecule has 2 heteroatoms. The number of halogens is 1. The first kappa shape index (κ1) is 9.10. The maximum absolute atomic E-state index is 13.5. The fourth-order valence-corrected chi connectivity index (χ4v) is 2.36. The molecule has 1 aromatic carbocycles. The number of hydrogen-bond donors (Lipinski definition) is 1. The van der Waals surface area contributed by atoms with Gasteiger partial charge in [0, 0.05) is 0 Å². The molecule has 15 heavy (non-hydrogen) atoms. The van der Waals surface area contributed by atoms with Crippen LogP contribution in [0.15, 0.2) is 24.3 Å². The fraction of sp³-hybridized carbons (Fsp3) is 0.385. The van der Waals surface area contributed by atoms with Gasteiger partial charge < -0.3 is 5.11 Å².